The number of amides is 1. The summed E-state index contributed by atoms with van der Waals surface area (Å²) in [7, 11) is 1.86. The molecule has 0 aliphatic carbocycles. The maximum Gasteiger partial charge on any atom is 0.257 e. The molecule has 0 radical (unpaired) electrons. The molecule has 134 valence electrons. The van der Waals surface area contributed by atoms with Gasteiger partial charge in [0.1, 0.15) is 6.10 Å². The second-order valence-electron chi connectivity index (χ2n) is 6.79. The Bertz CT molecular complexity index is 979. The van der Waals surface area contributed by atoms with E-state index in [-0.39, 0.29) is 12.0 Å². The number of para-hydroxylation sites is 1. The zero-order chi connectivity index (χ0) is 18.3. The average molecular weight is 350 g/mol. The van der Waals surface area contributed by atoms with Crippen LogP contribution in [-0.4, -0.2) is 44.8 Å². The van der Waals surface area contributed by atoms with E-state index in [1.54, 1.807) is 4.68 Å². The summed E-state index contributed by atoms with van der Waals surface area (Å²) in [5, 5.41) is 5.44. The van der Waals surface area contributed by atoms with Gasteiger partial charge in [-0.1, -0.05) is 18.2 Å². The van der Waals surface area contributed by atoms with E-state index in [2.05, 4.69) is 10.1 Å². The summed E-state index contributed by atoms with van der Waals surface area (Å²) in [5.41, 5.74) is 3.29. The molecule has 1 aromatic carbocycles. The van der Waals surface area contributed by atoms with Crippen LogP contribution < -0.4 is 4.74 Å². The Morgan fingerprint density at radius 1 is 1.19 bits per heavy atom. The molecule has 0 spiro atoms. The average Bonchev–Trinajstić information content (AvgIpc) is 3.19. The van der Waals surface area contributed by atoms with Gasteiger partial charge in [0.15, 0.2) is 0 Å². The first kappa shape index (κ1) is 16.6. The normalized spacial score (nSPS) is 17.0. The number of pyridine rings is 1. The van der Waals surface area contributed by atoms with Gasteiger partial charge in [-0.15, -0.1) is 0 Å². The smallest absolute Gasteiger partial charge is 0.257 e. The van der Waals surface area contributed by atoms with Gasteiger partial charge < -0.3 is 9.64 Å². The van der Waals surface area contributed by atoms with E-state index in [4.69, 9.17) is 4.74 Å². The fraction of sp³-hybridized carbons (Fsp3) is 0.350. The molecule has 4 rings (SSSR count). The van der Waals surface area contributed by atoms with Crippen molar-refractivity contribution in [2.24, 2.45) is 7.05 Å². The number of hydrogen-bond acceptors (Lipinski definition) is 4. The zero-order valence-electron chi connectivity index (χ0n) is 15.3. The zero-order valence-corrected chi connectivity index (χ0v) is 15.3. The number of ether oxygens (including phenoxy) is 1. The quantitative estimate of drug-likeness (QED) is 0.729. The molecule has 0 N–H and O–H groups in total. The number of likely N-dealkylation sites (tertiary alicyclic amines) is 1. The largest absolute Gasteiger partial charge is 0.472 e. The van der Waals surface area contributed by atoms with Crippen molar-refractivity contribution in [1.82, 2.24) is 19.7 Å². The number of nitrogens with zero attached hydrogens (tertiary/aromatic N) is 4. The third kappa shape index (κ3) is 2.92. The van der Waals surface area contributed by atoms with Crippen LogP contribution in [0.25, 0.3) is 10.9 Å². The van der Waals surface area contributed by atoms with Crippen LogP contribution in [0.4, 0.5) is 0 Å². The summed E-state index contributed by atoms with van der Waals surface area (Å²) in [6.45, 7) is 5.06. The predicted molar refractivity (Wildman–Crippen MR) is 99.4 cm³/mol. The van der Waals surface area contributed by atoms with Crippen molar-refractivity contribution in [3.63, 3.8) is 0 Å². The molecule has 1 fully saturated rings. The van der Waals surface area contributed by atoms with Crippen LogP contribution in [0.3, 0.4) is 0 Å². The minimum Gasteiger partial charge on any atom is -0.472 e. The van der Waals surface area contributed by atoms with Crippen molar-refractivity contribution < 1.29 is 9.53 Å². The van der Waals surface area contributed by atoms with Crippen molar-refractivity contribution in [2.75, 3.05) is 13.1 Å². The van der Waals surface area contributed by atoms with Gasteiger partial charge in [-0.3, -0.25) is 9.48 Å². The first-order chi connectivity index (χ1) is 12.5. The SMILES string of the molecule is Cc1nn(C)c(C)c1C(=O)N1CCC(Oc2ccc3ccccc3n2)C1. The molecule has 6 nitrogen and oxygen atoms in total. The third-order valence-electron chi connectivity index (χ3n) is 5.02. The Morgan fingerprint density at radius 3 is 2.77 bits per heavy atom. The molecule has 26 heavy (non-hydrogen) atoms. The van der Waals surface area contributed by atoms with E-state index in [1.165, 1.54) is 0 Å². The highest BCUT2D eigenvalue weighted by atomic mass is 16.5. The van der Waals surface area contributed by atoms with Gasteiger partial charge in [0.2, 0.25) is 5.88 Å². The molecule has 3 aromatic rings. The highest BCUT2D eigenvalue weighted by Gasteiger charge is 2.31. The number of carbonyl (C=O) groups excluding carboxylic acids is 1. The second kappa shape index (κ2) is 6.44. The maximum atomic E-state index is 12.9. The Labute approximate surface area is 152 Å². The Balaban J connectivity index is 1.47. The lowest BCUT2D eigenvalue weighted by Gasteiger charge is -2.17. The maximum absolute atomic E-state index is 12.9. The van der Waals surface area contributed by atoms with E-state index in [9.17, 15) is 4.79 Å². The monoisotopic (exact) mass is 350 g/mol. The Morgan fingerprint density at radius 2 is 2.00 bits per heavy atom. The van der Waals surface area contributed by atoms with Gasteiger partial charge >= 0.3 is 0 Å². The number of benzene rings is 1. The van der Waals surface area contributed by atoms with Crippen LogP contribution in [0, 0.1) is 13.8 Å². The van der Waals surface area contributed by atoms with E-state index in [0.717, 1.165) is 28.7 Å². The van der Waals surface area contributed by atoms with Crippen molar-refractivity contribution in [1.29, 1.82) is 0 Å². The van der Waals surface area contributed by atoms with Crippen LogP contribution in [0.15, 0.2) is 36.4 Å². The van der Waals surface area contributed by atoms with Gasteiger partial charge in [-0.2, -0.15) is 5.10 Å². The summed E-state index contributed by atoms with van der Waals surface area (Å²) in [6.07, 6.45) is 0.767. The lowest BCUT2D eigenvalue weighted by molar-refractivity contribution is 0.0769. The fourth-order valence-corrected chi connectivity index (χ4v) is 3.53. The number of aryl methyl sites for hydroxylation is 2. The summed E-state index contributed by atoms with van der Waals surface area (Å²) in [4.78, 5) is 19.3. The minimum absolute atomic E-state index is 0.0330. The van der Waals surface area contributed by atoms with Crippen LogP contribution in [0.2, 0.25) is 0 Å². The third-order valence-corrected chi connectivity index (χ3v) is 5.02. The molecule has 0 saturated carbocycles. The number of rotatable bonds is 3. The molecule has 1 unspecified atom stereocenters. The summed E-state index contributed by atoms with van der Waals surface area (Å²) in [6, 6.07) is 11.9. The van der Waals surface area contributed by atoms with Crippen LogP contribution in [0.1, 0.15) is 28.2 Å². The number of aromatic nitrogens is 3. The topological polar surface area (TPSA) is 60.2 Å². The number of hydrogen-bond donors (Lipinski definition) is 0. The molecule has 1 aliphatic heterocycles. The van der Waals surface area contributed by atoms with Crippen molar-refractivity contribution in [3.8, 4) is 5.88 Å². The molecule has 2 aromatic heterocycles. The second-order valence-corrected chi connectivity index (χ2v) is 6.79. The van der Waals surface area contributed by atoms with Gasteiger partial charge in [0, 0.05) is 37.2 Å². The van der Waals surface area contributed by atoms with Gasteiger partial charge in [-0.05, 0) is 26.0 Å². The highest BCUT2D eigenvalue weighted by Crippen LogP contribution is 2.23. The summed E-state index contributed by atoms with van der Waals surface area (Å²) >= 11 is 0. The molecule has 6 heteroatoms. The van der Waals surface area contributed by atoms with E-state index < -0.39 is 0 Å². The summed E-state index contributed by atoms with van der Waals surface area (Å²) < 4.78 is 7.80. The van der Waals surface area contributed by atoms with E-state index in [0.29, 0.717) is 24.5 Å². The van der Waals surface area contributed by atoms with Crippen molar-refractivity contribution in [3.05, 3.63) is 53.3 Å². The van der Waals surface area contributed by atoms with Gasteiger partial charge in [0.05, 0.1) is 23.3 Å². The van der Waals surface area contributed by atoms with E-state index >= 15 is 0 Å². The number of carbonyl (C=O) groups is 1. The first-order valence-corrected chi connectivity index (χ1v) is 8.85. The molecule has 1 atom stereocenters. The van der Waals surface area contributed by atoms with Crippen LogP contribution >= 0.6 is 0 Å². The van der Waals surface area contributed by atoms with Crippen molar-refractivity contribution in [2.45, 2.75) is 26.4 Å². The molecule has 1 aliphatic rings. The van der Waals surface area contributed by atoms with Gasteiger partial charge in [0.25, 0.3) is 5.91 Å². The minimum atomic E-state index is -0.0371. The predicted octanol–water partition coefficient (Wildman–Crippen LogP) is 2.88. The Hall–Kier alpha value is -2.89. The standard InChI is InChI=1S/C20H22N4O2/c1-13-19(14(2)23(3)22-13)20(25)24-11-10-16(12-24)26-18-9-8-15-6-4-5-7-17(15)21-18/h4-9,16H,10-12H2,1-3H3. The molecular weight excluding hydrogens is 328 g/mol. The molecule has 1 saturated heterocycles. The molecule has 0 bridgehead atoms. The number of fused-ring (bicyclic) bond motifs is 1. The van der Waals surface area contributed by atoms with Crippen LogP contribution in [-0.2, 0) is 7.05 Å². The molecule has 1 amide bonds. The van der Waals surface area contributed by atoms with Crippen molar-refractivity contribution >= 4 is 16.8 Å². The van der Waals surface area contributed by atoms with Gasteiger partial charge in [-0.25, -0.2) is 4.98 Å². The highest BCUT2D eigenvalue weighted by molar-refractivity contribution is 5.96. The fourth-order valence-electron chi connectivity index (χ4n) is 3.53. The Kier molecular flexibility index (Phi) is 4.11. The van der Waals surface area contributed by atoms with E-state index in [1.807, 2.05) is 62.2 Å². The first-order valence-electron chi connectivity index (χ1n) is 8.85. The van der Waals surface area contributed by atoms with Crippen LogP contribution in [0.5, 0.6) is 5.88 Å². The molecular formula is C20H22N4O2. The lowest BCUT2D eigenvalue weighted by Crippen LogP contribution is -2.31. The lowest BCUT2D eigenvalue weighted by atomic mass is 10.2. The summed E-state index contributed by atoms with van der Waals surface area (Å²) in [5.74, 6) is 0.641. The molecule has 3 heterocycles.